The quantitative estimate of drug-likeness (QED) is 0.567. The standard InChI is InChI=1S/C17H15N3O4S/c1-10(2)19-14-8-5-12(9-15(14)25-17(19)22)18-16(21)11-3-6-13(7-4-11)20(23)24/h3-10H,1-2H3,(H,18,21). The third kappa shape index (κ3) is 3.29. The van der Waals surface area contributed by atoms with Crippen molar-refractivity contribution in [3.8, 4) is 0 Å². The highest BCUT2D eigenvalue weighted by Crippen LogP contribution is 2.24. The Bertz CT molecular complexity index is 1020. The molecule has 0 saturated carbocycles. The van der Waals surface area contributed by atoms with Crippen LogP contribution in [0.2, 0.25) is 0 Å². The molecule has 3 rings (SSSR count). The van der Waals surface area contributed by atoms with E-state index in [9.17, 15) is 19.7 Å². The van der Waals surface area contributed by atoms with Gasteiger partial charge in [0.15, 0.2) is 0 Å². The highest BCUT2D eigenvalue weighted by molar-refractivity contribution is 7.16. The molecule has 0 saturated heterocycles. The fourth-order valence-corrected chi connectivity index (χ4v) is 3.59. The summed E-state index contributed by atoms with van der Waals surface area (Å²) in [6.07, 6.45) is 0. The number of thiazole rings is 1. The van der Waals surface area contributed by atoms with E-state index >= 15 is 0 Å². The van der Waals surface area contributed by atoms with Gasteiger partial charge in [-0.3, -0.25) is 24.3 Å². The minimum absolute atomic E-state index is 0.0381. The highest BCUT2D eigenvalue weighted by atomic mass is 32.1. The van der Waals surface area contributed by atoms with E-state index in [1.807, 2.05) is 13.8 Å². The fraction of sp³-hybridized carbons (Fsp3) is 0.176. The molecule has 1 heterocycles. The molecule has 25 heavy (non-hydrogen) atoms. The third-order valence-electron chi connectivity index (χ3n) is 3.73. The number of fused-ring (bicyclic) bond motifs is 1. The smallest absolute Gasteiger partial charge is 0.308 e. The molecule has 0 fully saturated rings. The molecule has 1 N–H and O–H groups in total. The van der Waals surface area contributed by atoms with Gasteiger partial charge in [-0.15, -0.1) is 0 Å². The fourth-order valence-electron chi connectivity index (χ4n) is 2.54. The number of nitro benzene ring substituents is 1. The average Bonchev–Trinajstić information content (AvgIpc) is 2.90. The van der Waals surface area contributed by atoms with E-state index in [1.165, 1.54) is 24.3 Å². The Morgan fingerprint density at radius 2 is 1.88 bits per heavy atom. The van der Waals surface area contributed by atoms with Crippen LogP contribution in [0.4, 0.5) is 11.4 Å². The van der Waals surface area contributed by atoms with Crippen LogP contribution in [0.1, 0.15) is 30.2 Å². The van der Waals surface area contributed by atoms with E-state index in [1.54, 1.807) is 22.8 Å². The Kier molecular flexibility index (Phi) is 4.37. The Labute approximate surface area is 146 Å². The van der Waals surface area contributed by atoms with Crippen LogP contribution in [0.25, 0.3) is 10.2 Å². The number of anilines is 1. The monoisotopic (exact) mass is 357 g/mol. The van der Waals surface area contributed by atoms with Crippen LogP contribution in [0.15, 0.2) is 47.3 Å². The summed E-state index contributed by atoms with van der Waals surface area (Å²) in [5.74, 6) is -0.370. The maximum Gasteiger partial charge on any atom is 0.308 e. The van der Waals surface area contributed by atoms with Crippen LogP contribution in [0.3, 0.4) is 0 Å². The van der Waals surface area contributed by atoms with Gasteiger partial charge in [0.1, 0.15) is 0 Å². The largest absolute Gasteiger partial charge is 0.322 e. The molecule has 0 aliphatic heterocycles. The van der Waals surface area contributed by atoms with Gasteiger partial charge in [-0.1, -0.05) is 11.3 Å². The number of amides is 1. The maximum atomic E-state index is 12.3. The Balaban J connectivity index is 1.86. The predicted molar refractivity (Wildman–Crippen MR) is 97.5 cm³/mol. The molecule has 128 valence electrons. The second-order valence-corrected chi connectivity index (χ2v) is 6.77. The van der Waals surface area contributed by atoms with E-state index in [-0.39, 0.29) is 22.5 Å². The normalized spacial score (nSPS) is 11.0. The number of non-ortho nitro benzene ring substituents is 1. The Morgan fingerprint density at radius 1 is 1.20 bits per heavy atom. The van der Waals surface area contributed by atoms with Crippen molar-refractivity contribution in [3.63, 3.8) is 0 Å². The van der Waals surface area contributed by atoms with Crippen LogP contribution in [0.5, 0.6) is 0 Å². The van der Waals surface area contributed by atoms with Gasteiger partial charge < -0.3 is 5.32 Å². The van der Waals surface area contributed by atoms with Gasteiger partial charge in [-0.05, 0) is 44.2 Å². The van der Waals surface area contributed by atoms with Crippen molar-refractivity contribution in [2.45, 2.75) is 19.9 Å². The summed E-state index contributed by atoms with van der Waals surface area (Å²) in [6, 6.07) is 10.7. The maximum absolute atomic E-state index is 12.3. The first-order valence-corrected chi connectivity index (χ1v) is 8.39. The summed E-state index contributed by atoms with van der Waals surface area (Å²) in [7, 11) is 0. The van der Waals surface area contributed by atoms with Gasteiger partial charge >= 0.3 is 4.87 Å². The van der Waals surface area contributed by atoms with E-state index < -0.39 is 4.92 Å². The van der Waals surface area contributed by atoms with Crippen LogP contribution in [-0.4, -0.2) is 15.4 Å². The third-order valence-corrected chi connectivity index (χ3v) is 4.65. The number of nitrogens with zero attached hydrogens (tertiary/aromatic N) is 2. The van der Waals surface area contributed by atoms with Gasteiger partial charge in [0.25, 0.3) is 11.6 Å². The summed E-state index contributed by atoms with van der Waals surface area (Å²) >= 11 is 1.13. The van der Waals surface area contributed by atoms with Crippen molar-refractivity contribution >= 4 is 38.8 Å². The van der Waals surface area contributed by atoms with Gasteiger partial charge in [0.05, 0.1) is 15.1 Å². The van der Waals surface area contributed by atoms with Crippen molar-refractivity contribution in [3.05, 3.63) is 67.8 Å². The molecule has 0 aliphatic rings. The zero-order chi connectivity index (χ0) is 18.1. The lowest BCUT2D eigenvalue weighted by Gasteiger charge is -2.08. The summed E-state index contributed by atoms with van der Waals surface area (Å²) in [5, 5.41) is 13.4. The lowest BCUT2D eigenvalue weighted by Crippen LogP contribution is -2.14. The lowest BCUT2D eigenvalue weighted by atomic mass is 10.2. The minimum Gasteiger partial charge on any atom is -0.322 e. The number of carbonyl (C=O) groups excluding carboxylic acids is 1. The molecule has 0 unspecified atom stereocenters. The van der Waals surface area contributed by atoms with Crippen molar-refractivity contribution in [1.29, 1.82) is 0 Å². The molecular weight excluding hydrogens is 342 g/mol. The second kappa shape index (κ2) is 6.48. The molecule has 0 spiro atoms. The number of hydrogen-bond donors (Lipinski definition) is 1. The topological polar surface area (TPSA) is 94.2 Å². The molecule has 0 bridgehead atoms. The molecule has 1 aromatic heterocycles. The van der Waals surface area contributed by atoms with Gasteiger partial charge in [0, 0.05) is 29.4 Å². The molecule has 0 atom stereocenters. The molecule has 0 aliphatic carbocycles. The van der Waals surface area contributed by atoms with Crippen molar-refractivity contribution in [2.75, 3.05) is 5.32 Å². The number of rotatable bonds is 4. The summed E-state index contributed by atoms with van der Waals surface area (Å²) in [5.41, 5.74) is 1.64. The highest BCUT2D eigenvalue weighted by Gasteiger charge is 2.13. The summed E-state index contributed by atoms with van der Waals surface area (Å²) in [4.78, 5) is 34.4. The number of aromatic nitrogens is 1. The van der Waals surface area contributed by atoms with Crippen LogP contribution in [0, 0.1) is 10.1 Å². The second-order valence-electron chi connectivity index (χ2n) is 5.77. The molecule has 1 amide bonds. The van der Waals surface area contributed by atoms with Crippen LogP contribution < -0.4 is 10.2 Å². The SMILES string of the molecule is CC(C)n1c(=O)sc2cc(NC(=O)c3ccc([N+](=O)[O-])cc3)ccc21. The number of benzene rings is 2. The van der Waals surface area contributed by atoms with E-state index in [4.69, 9.17) is 0 Å². The van der Waals surface area contributed by atoms with Crippen molar-refractivity contribution in [1.82, 2.24) is 4.57 Å². The first-order valence-electron chi connectivity index (χ1n) is 7.57. The van der Waals surface area contributed by atoms with Gasteiger partial charge in [-0.2, -0.15) is 0 Å². The molecule has 2 aromatic carbocycles. The van der Waals surface area contributed by atoms with Gasteiger partial charge in [-0.25, -0.2) is 0 Å². The Morgan fingerprint density at radius 3 is 2.48 bits per heavy atom. The van der Waals surface area contributed by atoms with E-state index in [0.717, 1.165) is 21.6 Å². The minimum atomic E-state index is -0.517. The molecule has 3 aromatic rings. The number of nitro groups is 1. The lowest BCUT2D eigenvalue weighted by molar-refractivity contribution is -0.384. The molecule has 7 nitrogen and oxygen atoms in total. The Hall–Kier alpha value is -3.00. The zero-order valence-electron chi connectivity index (χ0n) is 13.6. The molecule has 0 radical (unpaired) electrons. The van der Waals surface area contributed by atoms with Crippen LogP contribution >= 0.6 is 11.3 Å². The molecular formula is C17H15N3O4S. The first-order chi connectivity index (χ1) is 11.9. The number of carbonyl (C=O) groups is 1. The summed E-state index contributed by atoms with van der Waals surface area (Å²) in [6.45, 7) is 3.88. The average molecular weight is 357 g/mol. The number of nitrogens with one attached hydrogen (secondary N) is 1. The van der Waals surface area contributed by atoms with Crippen molar-refractivity contribution < 1.29 is 9.72 Å². The predicted octanol–water partition coefficient (Wildman–Crippen LogP) is 3.80. The molecule has 8 heteroatoms. The van der Waals surface area contributed by atoms with Gasteiger partial charge in [0.2, 0.25) is 0 Å². The number of hydrogen-bond acceptors (Lipinski definition) is 5. The summed E-state index contributed by atoms with van der Waals surface area (Å²) < 4.78 is 2.50. The van der Waals surface area contributed by atoms with E-state index in [0.29, 0.717) is 11.3 Å². The zero-order valence-corrected chi connectivity index (χ0v) is 14.4. The van der Waals surface area contributed by atoms with Crippen LogP contribution in [-0.2, 0) is 0 Å². The van der Waals surface area contributed by atoms with E-state index in [2.05, 4.69) is 5.32 Å². The first kappa shape index (κ1) is 16.8. The van der Waals surface area contributed by atoms with Crippen molar-refractivity contribution in [2.24, 2.45) is 0 Å².